The van der Waals surface area contributed by atoms with Crippen LogP contribution in [0.1, 0.15) is 52.0 Å². The predicted molar refractivity (Wildman–Crippen MR) is 92.4 cm³/mol. The van der Waals surface area contributed by atoms with E-state index >= 15 is 0 Å². The van der Waals surface area contributed by atoms with Crippen molar-refractivity contribution < 1.29 is 0 Å². The Labute approximate surface area is 137 Å². The van der Waals surface area contributed by atoms with E-state index in [9.17, 15) is 0 Å². The summed E-state index contributed by atoms with van der Waals surface area (Å²) in [6.45, 7) is 7.13. The largest absolute Gasteiger partial charge is 0.126 e. The topological polar surface area (TPSA) is 0 Å². The van der Waals surface area contributed by atoms with Crippen LogP contribution in [0.2, 0.25) is 0 Å². The van der Waals surface area contributed by atoms with Crippen LogP contribution >= 0.6 is 27.5 Å². The zero-order chi connectivity index (χ0) is 14.8. The summed E-state index contributed by atoms with van der Waals surface area (Å²) < 4.78 is 1.15. The van der Waals surface area contributed by atoms with Crippen molar-refractivity contribution in [1.29, 1.82) is 0 Å². The first-order chi connectivity index (χ1) is 9.35. The van der Waals surface area contributed by atoms with Gasteiger partial charge < -0.3 is 0 Å². The van der Waals surface area contributed by atoms with Crippen molar-refractivity contribution >= 4 is 27.5 Å². The van der Waals surface area contributed by atoms with Crippen molar-refractivity contribution in [3.8, 4) is 0 Å². The van der Waals surface area contributed by atoms with Gasteiger partial charge in [0.2, 0.25) is 0 Å². The van der Waals surface area contributed by atoms with Gasteiger partial charge >= 0.3 is 0 Å². The van der Waals surface area contributed by atoms with Crippen LogP contribution in [-0.2, 0) is 6.42 Å². The zero-order valence-electron chi connectivity index (χ0n) is 12.9. The Bertz CT molecular complexity index is 422. The Balaban J connectivity index is 2.03. The number of hydrogen-bond donors (Lipinski definition) is 0. The van der Waals surface area contributed by atoms with Crippen molar-refractivity contribution in [2.24, 2.45) is 16.7 Å². The standard InChI is InChI=1S/C18H26BrCl/c1-17(2,3)15-8-10-18(13-20,11-9-15)12-14-4-6-16(19)7-5-14/h4-7,15H,8-13H2,1-3H3. The highest BCUT2D eigenvalue weighted by atomic mass is 79.9. The molecule has 1 aliphatic carbocycles. The second-order valence-corrected chi connectivity index (χ2v) is 8.76. The van der Waals surface area contributed by atoms with Gasteiger partial charge in [0, 0.05) is 10.4 Å². The molecule has 0 N–H and O–H groups in total. The summed E-state index contributed by atoms with van der Waals surface area (Å²) in [5.41, 5.74) is 2.18. The van der Waals surface area contributed by atoms with E-state index in [0.29, 0.717) is 10.8 Å². The molecule has 0 amide bonds. The van der Waals surface area contributed by atoms with Gasteiger partial charge in [-0.25, -0.2) is 0 Å². The molecular formula is C18H26BrCl. The molecule has 0 spiro atoms. The maximum Gasteiger partial charge on any atom is 0.0283 e. The normalized spacial score (nSPS) is 27.6. The van der Waals surface area contributed by atoms with Gasteiger partial charge in [0.25, 0.3) is 0 Å². The van der Waals surface area contributed by atoms with Crippen molar-refractivity contribution in [2.45, 2.75) is 52.9 Å². The summed E-state index contributed by atoms with van der Waals surface area (Å²) in [5.74, 6) is 1.64. The molecule has 2 heteroatoms. The maximum atomic E-state index is 6.37. The van der Waals surface area contributed by atoms with E-state index < -0.39 is 0 Å². The van der Waals surface area contributed by atoms with Gasteiger partial charge in [0.05, 0.1) is 0 Å². The highest BCUT2D eigenvalue weighted by Gasteiger charge is 2.38. The van der Waals surface area contributed by atoms with Crippen LogP contribution in [0.5, 0.6) is 0 Å². The third-order valence-electron chi connectivity index (χ3n) is 5.05. The van der Waals surface area contributed by atoms with Crippen molar-refractivity contribution in [3.05, 3.63) is 34.3 Å². The maximum absolute atomic E-state index is 6.37. The van der Waals surface area contributed by atoms with E-state index in [1.807, 2.05) is 0 Å². The van der Waals surface area contributed by atoms with E-state index in [1.54, 1.807) is 0 Å². The zero-order valence-corrected chi connectivity index (χ0v) is 15.2. The first-order valence-electron chi connectivity index (χ1n) is 7.65. The molecule has 0 nitrogen and oxygen atoms in total. The molecule has 0 aliphatic heterocycles. The molecule has 0 saturated heterocycles. The summed E-state index contributed by atoms with van der Waals surface area (Å²) >= 11 is 9.88. The number of halogens is 2. The highest BCUT2D eigenvalue weighted by molar-refractivity contribution is 9.10. The van der Waals surface area contributed by atoms with Gasteiger partial charge in [-0.3, -0.25) is 0 Å². The summed E-state index contributed by atoms with van der Waals surface area (Å²) in [6.07, 6.45) is 6.32. The molecule has 2 rings (SSSR count). The Morgan fingerprint density at radius 3 is 2.15 bits per heavy atom. The van der Waals surface area contributed by atoms with E-state index in [2.05, 4.69) is 61.0 Å². The van der Waals surface area contributed by atoms with E-state index in [-0.39, 0.29) is 0 Å². The van der Waals surface area contributed by atoms with Crippen molar-refractivity contribution in [1.82, 2.24) is 0 Å². The van der Waals surface area contributed by atoms with Crippen LogP contribution < -0.4 is 0 Å². The van der Waals surface area contributed by atoms with Gasteiger partial charge in [0.15, 0.2) is 0 Å². The fourth-order valence-corrected chi connectivity index (χ4v) is 4.12. The van der Waals surface area contributed by atoms with E-state index in [0.717, 1.165) is 22.7 Å². The molecular weight excluding hydrogens is 332 g/mol. The van der Waals surface area contributed by atoms with Crippen LogP contribution in [0, 0.1) is 16.7 Å². The molecule has 1 aromatic rings. The Kier molecular flexibility index (Phi) is 5.24. The smallest absolute Gasteiger partial charge is 0.0283 e. The molecule has 1 aliphatic rings. The predicted octanol–water partition coefficient (Wildman–Crippen LogP) is 6.45. The summed E-state index contributed by atoms with van der Waals surface area (Å²) in [6, 6.07) is 8.73. The molecule has 1 fully saturated rings. The molecule has 0 heterocycles. The molecule has 0 bridgehead atoms. The fraction of sp³-hybridized carbons (Fsp3) is 0.667. The fourth-order valence-electron chi connectivity index (χ4n) is 3.49. The average molecular weight is 358 g/mol. The van der Waals surface area contributed by atoms with Crippen LogP contribution in [0.25, 0.3) is 0 Å². The van der Waals surface area contributed by atoms with Gasteiger partial charge in [-0.2, -0.15) is 0 Å². The molecule has 0 unspecified atom stereocenters. The molecule has 0 aromatic heterocycles. The molecule has 0 atom stereocenters. The first-order valence-corrected chi connectivity index (χ1v) is 8.98. The molecule has 0 radical (unpaired) electrons. The third kappa shape index (κ3) is 4.01. The SMILES string of the molecule is CC(C)(C)C1CCC(CCl)(Cc2ccc(Br)cc2)CC1. The molecule has 20 heavy (non-hydrogen) atoms. The van der Waals surface area contributed by atoms with E-state index in [4.69, 9.17) is 11.6 Å². The van der Waals surface area contributed by atoms with Crippen LogP contribution in [0.3, 0.4) is 0 Å². The quantitative estimate of drug-likeness (QED) is 0.545. The van der Waals surface area contributed by atoms with Gasteiger partial charge in [-0.05, 0) is 66.5 Å². The van der Waals surface area contributed by atoms with Crippen molar-refractivity contribution in [3.63, 3.8) is 0 Å². The number of alkyl halides is 1. The van der Waals surface area contributed by atoms with Gasteiger partial charge in [-0.1, -0.05) is 48.8 Å². The second kappa shape index (κ2) is 6.40. The lowest BCUT2D eigenvalue weighted by atomic mass is 9.63. The minimum atomic E-state index is 0.317. The minimum absolute atomic E-state index is 0.317. The number of hydrogen-bond acceptors (Lipinski definition) is 0. The summed E-state index contributed by atoms with van der Waals surface area (Å²) in [7, 11) is 0. The van der Waals surface area contributed by atoms with Crippen LogP contribution in [-0.4, -0.2) is 5.88 Å². The molecule has 1 aromatic carbocycles. The highest BCUT2D eigenvalue weighted by Crippen LogP contribution is 2.47. The lowest BCUT2D eigenvalue weighted by Gasteiger charge is -2.43. The first kappa shape index (κ1) is 16.4. The Hall–Kier alpha value is -0.0100. The van der Waals surface area contributed by atoms with Gasteiger partial charge in [-0.15, -0.1) is 11.6 Å². The summed E-state index contributed by atoms with van der Waals surface area (Å²) in [5, 5.41) is 0. The monoisotopic (exact) mass is 356 g/mol. The average Bonchev–Trinajstić information content (AvgIpc) is 2.41. The van der Waals surface area contributed by atoms with Crippen LogP contribution in [0.4, 0.5) is 0 Å². The Morgan fingerprint density at radius 2 is 1.70 bits per heavy atom. The lowest BCUT2D eigenvalue weighted by molar-refractivity contribution is 0.102. The number of rotatable bonds is 3. The summed E-state index contributed by atoms with van der Waals surface area (Å²) in [4.78, 5) is 0. The van der Waals surface area contributed by atoms with Crippen LogP contribution in [0.15, 0.2) is 28.7 Å². The number of benzene rings is 1. The lowest BCUT2D eigenvalue weighted by Crippen LogP contribution is -2.35. The second-order valence-electron chi connectivity index (χ2n) is 7.58. The van der Waals surface area contributed by atoms with Crippen molar-refractivity contribution in [2.75, 3.05) is 5.88 Å². The van der Waals surface area contributed by atoms with Gasteiger partial charge in [0.1, 0.15) is 0 Å². The molecule has 1 saturated carbocycles. The molecule has 112 valence electrons. The minimum Gasteiger partial charge on any atom is -0.126 e. The van der Waals surface area contributed by atoms with E-state index in [1.165, 1.54) is 31.2 Å². The Morgan fingerprint density at radius 1 is 1.15 bits per heavy atom. The third-order valence-corrected chi connectivity index (χ3v) is 6.14.